The number of piperazine rings is 1. The van der Waals surface area contributed by atoms with Crippen LogP contribution in [0.2, 0.25) is 0 Å². The van der Waals surface area contributed by atoms with Gasteiger partial charge in [-0.1, -0.05) is 17.3 Å². The lowest BCUT2D eigenvalue weighted by atomic mass is 10.2. The van der Waals surface area contributed by atoms with Crippen molar-refractivity contribution >= 4 is 39.8 Å². The van der Waals surface area contributed by atoms with Crippen LogP contribution in [0.4, 0.5) is 11.6 Å². The second-order valence-corrected chi connectivity index (χ2v) is 8.27. The molecule has 1 fully saturated rings. The molecule has 0 unspecified atom stereocenters. The molecule has 0 saturated carbocycles. The first-order chi connectivity index (χ1) is 17.1. The molecule has 0 bridgehead atoms. The number of fused-ring (bicyclic) bond motifs is 2. The van der Waals surface area contributed by atoms with E-state index < -0.39 is 5.97 Å². The zero-order chi connectivity index (χ0) is 23.9. The number of carboxylic acid groups (broad SMARTS) is 1. The molecule has 0 atom stereocenters. The summed E-state index contributed by atoms with van der Waals surface area (Å²) >= 11 is 0. The number of phenolic OH excluding ortho intramolecular Hbond substituents is 1. The molecule has 12 heteroatoms. The predicted molar refractivity (Wildman–Crippen MR) is 128 cm³/mol. The number of nitrogens with zero attached hydrogens (tertiary/aromatic N) is 9. The Bertz CT molecular complexity index is 1540. The Morgan fingerprint density at radius 1 is 0.943 bits per heavy atom. The minimum atomic E-state index is -0.986. The van der Waals surface area contributed by atoms with Gasteiger partial charge in [0.25, 0.3) is 0 Å². The van der Waals surface area contributed by atoms with E-state index in [2.05, 4.69) is 25.1 Å². The summed E-state index contributed by atoms with van der Waals surface area (Å²) in [6.07, 6.45) is 1.46. The van der Waals surface area contributed by atoms with E-state index >= 15 is 0 Å². The van der Waals surface area contributed by atoms with Gasteiger partial charge in [0.15, 0.2) is 17.0 Å². The van der Waals surface area contributed by atoms with Gasteiger partial charge in [-0.25, -0.2) is 4.98 Å². The second kappa shape index (κ2) is 8.24. The number of para-hydroxylation sites is 1. The highest BCUT2D eigenvalue weighted by atomic mass is 16.4. The van der Waals surface area contributed by atoms with Crippen molar-refractivity contribution in [2.24, 2.45) is 0 Å². The van der Waals surface area contributed by atoms with E-state index in [1.54, 1.807) is 16.8 Å². The van der Waals surface area contributed by atoms with Gasteiger partial charge in [0.1, 0.15) is 17.8 Å². The summed E-state index contributed by atoms with van der Waals surface area (Å²) in [7, 11) is 0. The molecular formula is C23H21N9O3. The molecule has 0 amide bonds. The van der Waals surface area contributed by atoms with Crippen molar-refractivity contribution in [1.29, 1.82) is 0 Å². The van der Waals surface area contributed by atoms with Crippen molar-refractivity contribution in [1.82, 2.24) is 34.5 Å². The fraction of sp³-hybridized carbons (Fsp3) is 0.217. The minimum Gasteiger partial charge on any atom is -0.508 e. The van der Waals surface area contributed by atoms with E-state index in [1.807, 2.05) is 36.4 Å². The average Bonchev–Trinajstić information content (AvgIpc) is 3.48. The molecule has 1 aliphatic rings. The quantitative estimate of drug-likeness (QED) is 0.389. The van der Waals surface area contributed by atoms with Gasteiger partial charge < -0.3 is 24.6 Å². The maximum absolute atomic E-state index is 11.4. The Morgan fingerprint density at radius 3 is 2.46 bits per heavy atom. The van der Waals surface area contributed by atoms with Crippen LogP contribution in [-0.2, 0) is 11.3 Å². The second-order valence-electron chi connectivity index (χ2n) is 8.27. The number of aliphatic carboxylic acids is 1. The lowest BCUT2D eigenvalue weighted by molar-refractivity contribution is -0.137. The molecular weight excluding hydrogens is 450 g/mol. The maximum atomic E-state index is 11.4. The summed E-state index contributed by atoms with van der Waals surface area (Å²) in [6.45, 7) is 2.54. The van der Waals surface area contributed by atoms with Crippen LogP contribution in [0.3, 0.4) is 0 Å². The van der Waals surface area contributed by atoms with Crippen LogP contribution in [0.5, 0.6) is 5.75 Å². The van der Waals surface area contributed by atoms with Crippen LogP contribution in [0.25, 0.3) is 28.0 Å². The van der Waals surface area contributed by atoms with Crippen molar-refractivity contribution in [3.8, 4) is 11.6 Å². The number of imidazole rings is 1. The monoisotopic (exact) mass is 471 g/mol. The van der Waals surface area contributed by atoms with Gasteiger partial charge in [0.2, 0.25) is 5.95 Å². The number of aromatic nitrogens is 7. The van der Waals surface area contributed by atoms with Gasteiger partial charge in [-0.15, -0.1) is 5.10 Å². The van der Waals surface area contributed by atoms with Crippen LogP contribution in [-0.4, -0.2) is 76.9 Å². The molecule has 0 radical (unpaired) electrons. The van der Waals surface area contributed by atoms with Gasteiger partial charge in [-0.2, -0.15) is 14.6 Å². The third-order valence-corrected chi connectivity index (χ3v) is 6.07. The fourth-order valence-corrected chi connectivity index (χ4v) is 4.32. The van der Waals surface area contributed by atoms with Crippen molar-refractivity contribution in [3.05, 3.63) is 54.9 Å². The molecule has 0 spiro atoms. The van der Waals surface area contributed by atoms with Gasteiger partial charge in [0.05, 0.1) is 11.8 Å². The standard InChI is InChI=1S/C23H21N9O3/c33-16-7-5-15(6-8-16)29-9-11-30(12-10-29)23-25-21-20(24-14-31(21)13-19(34)35)22(26-23)32-18-4-2-1-3-17(18)27-28-32/h1-8,14,33H,9-13H2,(H,34,35). The van der Waals surface area contributed by atoms with E-state index in [0.29, 0.717) is 41.5 Å². The van der Waals surface area contributed by atoms with E-state index in [9.17, 15) is 15.0 Å². The molecule has 4 heterocycles. The van der Waals surface area contributed by atoms with Crippen molar-refractivity contribution in [2.75, 3.05) is 36.0 Å². The lowest BCUT2D eigenvalue weighted by Gasteiger charge is -2.36. The molecule has 2 N–H and O–H groups in total. The molecule has 5 aromatic rings. The predicted octanol–water partition coefficient (Wildman–Crippen LogP) is 1.68. The number of phenols is 1. The minimum absolute atomic E-state index is 0.236. The number of carboxylic acids is 1. The zero-order valence-corrected chi connectivity index (χ0v) is 18.6. The molecule has 176 valence electrons. The SMILES string of the molecule is O=C(O)Cn1cnc2c(-n3nnc4ccccc43)nc(N3CCN(c4ccc(O)cc4)CC3)nc21. The van der Waals surface area contributed by atoms with E-state index in [0.717, 1.165) is 24.3 Å². The van der Waals surface area contributed by atoms with Gasteiger partial charge in [0, 0.05) is 31.9 Å². The van der Waals surface area contributed by atoms with E-state index in [1.165, 1.54) is 10.9 Å². The highest BCUT2D eigenvalue weighted by Gasteiger charge is 2.24. The van der Waals surface area contributed by atoms with Crippen LogP contribution < -0.4 is 9.80 Å². The van der Waals surface area contributed by atoms with Crippen molar-refractivity contribution in [2.45, 2.75) is 6.54 Å². The Labute approximate surface area is 198 Å². The normalized spacial score (nSPS) is 14.2. The highest BCUT2D eigenvalue weighted by molar-refractivity contribution is 5.85. The number of anilines is 2. The van der Waals surface area contributed by atoms with Crippen LogP contribution in [0, 0.1) is 0 Å². The van der Waals surface area contributed by atoms with Gasteiger partial charge in [-0.05, 0) is 36.4 Å². The smallest absolute Gasteiger partial charge is 0.323 e. The topological polar surface area (TPSA) is 138 Å². The molecule has 1 saturated heterocycles. The molecule has 3 aromatic heterocycles. The van der Waals surface area contributed by atoms with Crippen LogP contribution in [0.1, 0.15) is 0 Å². The third kappa shape index (κ3) is 3.74. The number of benzene rings is 2. The molecule has 6 rings (SSSR count). The van der Waals surface area contributed by atoms with Gasteiger partial charge in [-0.3, -0.25) is 4.79 Å². The Balaban J connectivity index is 1.39. The van der Waals surface area contributed by atoms with Gasteiger partial charge >= 0.3 is 5.97 Å². The molecule has 35 heavy (non-hydrogen) atoms. The molecule has 0 aliphatic carbocycles. The summed E-state index contributed by atoms with van der Waals surface area (Å²) < 4.78 is 3.12. The molecule has 1 aliphatic heterocycles. The number of rotatable bonds is 5. The summed E-state index contributed by atoms with van der Waals surface area (Å²) in [5.41, 5.74) is 3.39. The van der Waals surface area contributed by atoms with Crippen LogP contribution >= 0.6 is 0 Å². The summed E-state index contributed by atoms with van der Waals surface area (Å²) in [6, 6.07) is 14.7. The Hall–Kier alpha value is -4.74. The summed E-state index contributed by atoms with van der Waals surface area (Å²) in [5, 5.41) is 27.5. The summed E-state index contributed by atoms with van der Waals surface area (Å²) in [4.78, 5) is 29.7. The average molecular weight is 471 g/mol. The maximum Gasteiger partial charge on any atom is 0.323 e. The zero-order valence-electron chi connectivity index (χ0n) is 18.6. The summed E-state index contributed by atoms with van der Waals surface area (Å²) in [5.74, 6) is 0.174. The van der Waals surface area contributed by atoms with Crippen LogP contribution in [0.15, 0.2) is 54.9 Å². The third-order valence-electron chi connectivity index (χ3n) is 6.07. The first-order valence-corrected chi connectivity index (χ1v) is 11.1. The Kier molecular flexibility index (Phi) is 4.90. The fourth-order valence-electron chi connectivity index (χ4n) is 4.32. The lowest BCUT2D eigenvalue weighted by Crippen LogP contribution is -2.47. The first-order valence-electron chi connectivity index (χ1n) is 11.1. The molecule has 2 aromatic carbocycles. The number of hydrogen-bond acceptors (Lipinski definition) is 9. The first kappa shape index (κ1) is 20.8. The largest absolute Gasteiger partial charge is 0.508 e. The number of aromatic hydroxyl groups is 1. The molecule has 12 nitrogen and oxygen atoms in total. The number of carbonyl (C=O) groups is 1. The van der Waals surface area contributed by atoms with Crippen molar-refractivity contribution in [3.63, 3.8) is 0 Å². The van der Waals surface area contributed by atoms with Crippen molar-refractivity contribution < 1.29 is 15.0 Å². The van der Waals surface area contributed by atoms with E-state index in [-0.39, 0.29) is 12.3 Å². The van der Waals surface area contributed by atoms with E-state index in [4.69, 9.17) is 9.97 Å². The highest BCUT2D eigenvalue weighted by Crippen LogP contribution is 2.26. The Morgan fingerprint density at radius 2 is 1.69 bits per heavy atom. The number of hydrogen-bond donors (Lipinski definition) is 2.